The molecule has 122 valence electrons. The highest BCUT2D eigenvalue weighted by atomic mass is 16.1. The Kier molecular flexibility index (Phi) is 4.53. The van der Waals surface area contributed by atoms with Gasteiger partial charge < -0.3 is 15.2 Å². The Morgan fingerprint density at radius 3 is 2.74 bits per heavy atom. The molecule has 3 rings (SSSR count). The lowest BCUT2D eigenvalue weighted by atomic mass is 10.1. The van der Waals surface area contributed by atoms with Gasteiger partial charge in [0.25, 0.3) is 5.91 Å². The minimum Gasteiger partial charge on any atom is -0.348 e. The summed E-state index contributed by atoms with van der Waals surface area (Å²) in [4.78, 5) is 12.7. The molecular formula is C19H25N3O. The summed E-state index contributed by atoms with van der Waals surface area (Å²) in [5, 5.41) is 6.50. The van der Waals surface area contributed by atoms with Crippen LogP contribution in [0.25, 0.3) is 5.69 Å². The lowest BCUT2D eigenvalue weighted by Crippen LogP contribution is -2.45. The molecule has 4 nitrogen and oxygen atoms in total. The number of carbonyl (C=O) groups excluding carboxylic acids is 1. The van der Waals surface area contributed by atoms with Crippen molar-refractivity contribution in [3.63, 3.8) is 0 Å². The number of rotatable bonds is 3. The van der Waals surface area contributed by atoms with Gasteiger partial charge in [0.15, 0.2) is 0 Å². The fourth-order valence-electron chi connectivity index (χ4n) is 3.42. The van der Waals surface area contributed by atoms with Crippen LogP contribution in [-0.4, -0.2) is 29.6 Å². The maximum atomic E-state index is 12.7. The zero-order valence-electron chi connectivity index (χ0n) is 14.1. The first-order valence-electron chi connectivity index (χ1n) is 8.34. The number of aromatic nitrogens is 1. The molecule has 1 aromatic carbocycles. The van der Waals surface area contributed by atoms with Gasteiger partial charge >= 0.3 is 0 Å². The van der Waals surface area contributed by atoms with Crippen LogP contribution >= 0.6 is 0 Å². The number of para-hydroxylation sites is 1. The topological polar surface area (TPSA) is 46.1 Å². The molecule has 1 amide bonds. The molecule has 2 N–H and O–H groups in total. The Labute approximate surface area is 137 Å². The first-order chi connectivity index (χ1) is 11.1. The van der Waals surface area contributed by atoms with E-state index in [1.165, 1.54) is 5.56 Å². The van der Waals surface area contributed by atoms with Crippen molar-refractivity contribution in [3.8, 4) is 5.69 Å². The minimum absolute atomic E-state index is 0.0339. The fraction of sp³-hybridized carbons (Fsp3) is 0.421. The molecule has 2 aromatic rings. The Morgan fingerprint density at radius 2 is 2.04 bits per heavy atom. The van der Waals surface area contributed by atoms with Crippen molar-refractivity contribution < 1.29 is 4.79 Å². The SMILES string of the molecule is Cc1ccccc1-n1c(C)cc(C(=O)N[C@H]2CCCNC2)c1C. The number of amides is 1. The van der Waals surface area contributed by atoms with E-state index in [2.05, 4.69) is 41.2 Å². The molecule has 1 atom stereocenters. The van der Waals surface area contributed by atoms with E-state index in [0.29, 0.717) is 0 Å². The molecule has 0 bridgehead atoms. The van der Waals surface area contributed by atoms with E-state index in [-0.39, 0.29) is 11.9 Å². The number of aryl methyl sites for hydroxylation is 2. The van der Waals surface area contributed by atoms with E-state index in [0.717, 1.165) is 48.6 Å². The van der Waals surface area contributed by atoms with Crippen molar-refractivity contribution >= 4 is 5.91 Å². The Bertz CT molecular complexity index is 711. The van der Waals surface area contributed by atoms with Crippen LogP contribution in [0.2, 0.25) is 0 Å². The molecule has 0 unspecified atom stereocenters. The van der Waals surface area contributed by atoms with Crippen molar-refractivity contribution in [2.24, 2.45) is 0 Å². The zero-order chi connectivity index (χ0) is 16.4. The highest BCUT2D eigenvalue weighted by Crippen LogP contribution is 2.23. The number of nitrogens with zero attached hydrogens (tertiary/aromatic N) is 1. The average molecular weight is 311 g/mol. The Morgan fingerprint density at radius 1 is 1.26 bits per heavy atom. The van der Waals surface area contributed by atoms with Gasteiger partial charge in [0.2, 0.25) is 0 Å². The summed E-state index contributed by atoms with van der Waals surface area (Å²) < 4.78 is 2.17. The van der Waals surface area contributed by atoms with E-state index in [1.54, 1.807) is 0 Å². The van der Waals surface area contributed by atoms with Gasteiger partial charge in [-0.05, 0) is 57.9 Å². The number of benzene rings is 1. The van der Waals surface area contributed by atoms with Crippen LogP contribution < -0.4 is 10.6 Å². The number of nitrogens with one attached hydrogen (secondary N) is 2. The number of carbonyl (C=O) groups is 1. The van der Waals surface area contributed by atoms with Gasteiger partial charge in [-0.15, -0.1) is 0 Å². The summed E-state index contributed by atoms with van der Waals surface area (Å²) in [6.45, 7) is 8.09. The molecule has 1 fully saturated rings. The molecule has 1 aliphatic heterocycles. The third-order valence-electron chi connectivity index (χ3n) is 4.66. The average Bonchev–Trinajstić information content (AvgIpc) is 2.84. The third kappa shape index (κ3) is 3.17. The molecule has 1 aromatic heterocycles. The molecule has 2 heterocycles. The second-order valence-electron chi connectivity index (χ2n) is 6.42. The van der Waals surface area contributed by atoms with Gasteiger partial charge in [-0.25, -0.2) is 0 Å². The summed E-state index contributed by atoms with van der Waals surface area (Å²) in [5.41, 5.74) is 5.21. The van der Waals surface area contributed by atoms with Crippen LogP contribution in [0.5, 0.6) is 0 Å². The maximum absolute atomic E-state index is 12.7. The number of hydrogen-bond donors (Lipinski definition) is 2. The predicted octanol–water partition coefficient (Wildman–Crippen LogP) is 2.88. The molecule has 0 radical (unpaired) electrons. The quantitative estimate of drug-likeness (QED) is 0.915. The summed E-state index contributed by atoms with van der Waals surface area (Å²) in [6, 6.07) is 10.5. The lowest BCUT2D eigenvalue weighted by molar-refractivity contribution is 0.0930. The van der Waals surface area contributed by atoms with Gasteiger partial charge in [0, 0.05) is 29.7 Å². The fourth-order valence-corrected chi connectivity index (χ4v) is 3.42. The van der Waals surface area contributed by atoms with Crippen LogP contribution in [0.4, 0.5) is 0 Å². The maximum Gasteiger partial charge on any atom is 0.253 e. The van der Waals surface area contributed by atoms with E-state index in [9.17, 15) is 4.79 Å². The molecule has 1 saturated heterocycles. The largest absolute Gasteiger partial charge is 0.348 e. The highest BCUT2D eigenvalue weighted by molar-refractivity contribution is 5.96. The van der Waals surface area contributed by atoms with Crippen molar-refractivity contribution in [1.82, 2.24) is 15.2 Å². The van der Waals surface area contributed by atoms with Gasteiger partial charge in [-0.2, -0.15) is 0 Å². The summed E-state index contributed by atoms with van der Waals surface area (Å²) in [6.07, 6.45) is 2.17. The Hall–Kier alpha value is -2.07. The van der Waals surface area contributed by atoms with Crippen molar-refractivity contribution in [2.75, 3.05) is 13.1 Å². The first-order valence-corrected chi connectivity index (χ1v) is 8.34. The van der Waals surface area contributed by atoms with Gasteiger partial charge in [0.05, 0.1) is 5.56 Å². The first kappa shape index (κ1) is 15.8. The highest BCUT2D eigenvalue weighted by Gasteiger charge is 2.21. The van der Waals surface area contributed by atoms with Crippen molar-refractivity contribution in [3.05, 3.63) is 52.8 Å². The molecule has 0 spiro atoms. The van der Waals surface area contributed by atoms with E-state index < -0.39 is 0 Å². The normalized spacial score (nSPS) is 18.0. The standard InChI is InChI=1S/C19H25N3O/c1-13-7-4-5-9-18(13)22-14(2)11-17(15(22)3)19(23)21-16-8-6-10-20-12-16/h4-5,7,9,11,16,20H,6,8,10,12H2,1-3H3,(H,21,23)/t16-/m0/s1. The second kappa shape index (κ2) is 6.59. The van der Waals surface area contributed by atoms with Crippen molar-refractivity contribution in [1.29, 1.82) is 0 Å². The monoisotopic (exact) mass is 311 g/mol. The number of piperidine rings is 1. The van der Waals surface area contributed by atoms with Gasteiger partial charge in [-0.1, -0.05) is 18.2 Å². The summed E-state index contributed by atoms with van der Waals surface area (Å²) in [7, 11) is 0. The smallest absolute Gasteiger partial charge is 0.253 e. The van der Waals surface area contributed by atoms with Crippen LogP contribution in [-0.2, 0) is 0 Å². The van der Waals surface area contributed by atoms with E-state index in [1.807, 2.05) is 25.1 Å². The summed E-state index contributed by atoms with van der Waals surface area (Å²) in [5.74, 6) is 0.0339. The third-order valence-corrected chi connectivity index (χ3v) is 4.66. The van der Waals surface area contributed by atoms with Gasteiger partial charge in [-0.3, -0.25) is 4.79 Å². The number of hydrogen-bond acceptors (Lipinski definition) is 2. The van der Waals surface area contributed by atoms with Crippen LogP contribution in [0.15, 0.2) is 30.3 Å². The zero-order valence-corrected chi connectivity index (χ0v) is 14.1. The summed E-state index contributed by atoms with van der Waals surface area (Å²) >= 11 is 0. The van der Waals surface area contributed by atoms with Crippen LogP contribution in [0.3, 0.4) is 0 Å². The van der Waals surface area contributed by atoms with Crippen molar-refractivity contribution in [2.45, 2.75) is 39.7 Å². The van der Waals surface area contributed by atoms with E-state index in [4.69, 9.17) is 0 Å². The molecule has 4 heteroatoms. The van der Waals surface area contributed by atoms with Gasteiger partial charge in [0.1, 0.15) is 0 Å². The Balaban J connectivity index is 1.88. The molecule has 1 aliphatic rings. The molecule has 0 aliphatic carbocycles. The molecule has 0 saturated carbocycles. The van der Waals surface area contributed by atoms with Crippen LogP contribution in [0, 0.1) is 20.8 Å². The van der Waals surface area contributed by atoms with Crippen LogP contribution in [0.1, 0.15) is 40.2 Å². The van der Waals surface area contributed by atoms with E-state index >= 15 is 0 Å². The predicted molar refractivity (Wildman–Crippen MR) is 93.3 cm³/mol. The molecule has 23 heavy (non-hydrogen) atoms. The second-order valence-corrected chi connectivity index (χ2v) is 6.42. The lowest BCUT2D eigenvalue weighted by Gasteiger charge is -2.23. The minimum atomic E-state index is 0.0339. The molecular weight excluding hydrogens is 286 g/mol.